The molecule has 0 aromatic heterocycles. The van der Waals surface area contributed by atoms with Crippen LogP contribution in [0.5, 0.6) is 5.75 Å². The lowest BCUT2D eigenvalue weighted by Gasteiger charge is -2.12. The van der Waals surface area contributed by atoms with E-state index in [-0.39, 0.29) is 11.1 Å². The third-order valence-electron chi connectivity index (χ3n) is 3.19. The van der Waals surface area contributed by atoms with Crippen LogP contribution >= 0.6 is 0 Å². The molecule has 22 heavy (non-hydrogen) atoms. The molecule has 0 amide bonds. The minimum atomic E-state index is -1.18. The van der Waals surface area contributed by atoms with Gasteiger partial charge in [0.1, 0.15) is 12.4 Å². The molecule has 0 radical (unpaired) electrons. The van der Waals surface area contributed by atoms with Gasteiger partial charge in [0, 0.05) is 0 Å². The summed E-state index contributed by atoms with van der Waals surface area (Å²) in [6.45, 7) is 2.06. The number of carbonyl (C=O) groups is 2. The molecule has 0 heterocycles. The number of benzene rings is 2. The number of carboxylic acids is 1. The van der Waals surface area contributed by atoms with Crippen LogP contribution in [-0.2, 0) is 11.3 Å². The molecule has 0 fully saturated rings. The SMILES string of the molecule is COC(=O)c1cc(OCc2ccccc2)c(C)cc1C(=O)O. The first-order valence-corrected chi connectivity index (χ1v) is 6.66. The van der Waals surface area contributed by atoms with Gasteiger partial charge < -0.3 is 14.6 Å². The van der Waals surface area contributed by atoms with Gasteiger partial charge in [-0.3, -0.25) is 0 Å². The van der Waals surface area contributed by atoms with Gasteiger partial charge in [-0.1, -0.05) is 30.3 Å². The number of methoxy groups -OCH3 is 1. The molecule has 114 valence electrons. The van der Waals surface area contributed by atoms with Crippen LogP contribution in [-0.4, -0.2) is 24.2 Å². The number of carboxylic acid groups (broad SMARTS) is 1. The van der Waals surface area contributed by atoms with Crippen molar-refractivity contribution < 1.29 is 24.2 Å². The van der Waals surface area contributed by atoms with Crippen LogP contribution in [0.15, 0.2) is 42.5 Å². The molecule has 0 atom stereocenters. The number of esters is 1. The number of hydrogen-bond acceptors (Lipinski definition) is 4. The van der Waals surface area contributed by atoms with Gasteiger partial charge in [-0.2, -0.15) is 0 Å². The summed E-state index contributed by atoms with van der Waals surface area (Å²) in [4.78, 5) is 23.0. The van der Waals surface area contributed by atoms with E-state index in [1.807, 2.05) is 30.3 Å². The molecule has 2 aromatic rings. The maximum absolute atomic E-state index is 11.7. The summed E-state index contributed by atoms with van der Waals surface area (Å²) in [7, 11) is 1.21. The Morgan fingerprint density at radius 2 is 1.77 bits per heavy atom. The summed E-state index contributed by atoms with van der Waals surface area (Å²) in [5.74, 6) is -1.44. The van der Waals surface area contributed by atoms with E-state index in [0.29, 0.717) is 17.9 Å². The molecule has 0 aliphatic carbocycles. The van der Waals surface area contributed by atoms with Gasteiger partial charge in [-0.05, 0) is 30.2 Å². The first-order chi connectivity index (χ1) is 10.5. The number of ether oxygens (including phenoxy) is 2. The maximum atomic E-state index is 11.7. The first kappa shape index (κ1) is 15.6. The third-order valence-corrected chi connectivity index (χ3v) is 3.19. The molecule has 2 aromatic carbocycles. The molecular weight excluding hydrogens is 284 g/mol. The molecule has 0 unspecified atom stereocenters. The topological polar surface area (TPSA) is 72.8 Å². The van der Waals surface area contributed by atoms with Gasteiger partial charge in [0.25, 0.3) is 0 Å². The van der Waals surface area contributed by atoms with E-state index in [1.165, 1.54) is 19.2 Å². The number of aromatic carboxylic acids is 1. The van der Waals surface area contributed by atoms with Gasteiger partial charge in [0.05, 0.1) is 18.2 Å². The van der Waals surface area contributed by atoms with Crippen LogP contribution in [0.25, 0.3) is 0 Å². The Balaban J connectivity index is 2.32. The largest absolute Gasteiger partial charge is 0.489 e. The second-order valence-corrected chi connectivity index (χ2v) is 4.73. The van der Waals surface area contributed by atoms with Crippen molar-refractivity contribution in [1.29, 1.82) is 0 Å². The highest BCUT2D eigenvalue weighted by Gasteiger charge is 2.20. The molecule has 0 saturated heterocycles. The summed E-state index contributed by atoms with van der Waals surface area (Å²) in [6, 6.07) is 12.4. The lowest BCUT2D eigenvalue weighted by Crippen LogP contribution is -2.11. The Morgan fingerprint density at radius 3 is 2.36 bits per heavy atom. The van der Waals surface area contributed by atoms with E-state index >= 15 is 0 Å². The van der Waals surface area contributed by atoms with Gasteiger partial charge in [0.2, 0.25) is 0 Å². The Morgan fingerprint density at radius 1 is 1.09 bits per heavy atom. The second kappa shape index (κ2) is 6.76. The number of rotatable bonds is 5. The molecule has 5 heteroatoms. The molecule has 0 saturated carbocycles. The quantitative estimate of drug-likeness (QED) is 0.859. The predicted octanol–water partition coefficient (Wildman–Crippen LogP) is 3.06. The fourth-order valence-corrected chi connectivity index (χ4v) is 2.03. The van der Waals surface area contributed by atoms with Crippen LogP contribution < -0.4 is 4.74 Å². The van der Waals surface area contributed by atoms with E-state index in [0.717, 1.165) is 5.56 Å². The molecule has 2 rings (SSSR count). The normalized spacial score (nSPS) is 10.1. The molecule has 1 N–H and O–H groups in total. The van der Waals surface area contributed by atoms with Crippen LogP contribution in [0.2, 0.25) is 0 Å². The Bertz CT molecular complexity index is 692. The van der Waals surface area contributed by atoms with Crippen molar-refractivity contribution in [1.82, 2.24) is 0 Å². The van der Waals surface area contributed by atoms with Crippen molar-refractivity contribution in [2.45, 2.75) is 13.5 Å². The highest BCUT2D eigenvalue weighted by molar-refractivity contribution is 6.03. The second-order valence-electron chi connectivity index (χ2n) is 4.73. The van der Waals surface area contributed by atoms with Crippen LogP contribution in [0, 0.1) is 6.92 Å². The van der Waals surface area contributed by atoms with Gasteiger partial charge in [-0.25, -0.2) is 9.59 Å². The predicted molar refractivity (Wildman–Crippen MR) is 80.3 cm³/mol. The Hall–Kier alpha value is -2.82. The molecule has 0 spiro atoms. The van der Waals surface area contributed by atoms with Crippen molar-refractivity contribution in [2.24, 2.45) is 0 Å². The maximum Gasteiger partial charge on any atom is 0.338 e. The highest BCUT2D eigenvalue weighted by atomic mass is 16.5. The Labute approximate surface area is 128 Å². The summed E-state index contributed by atoms with van der Waals surface area (Å²) in [6.07, 6.45) is 0. The monoisotopic (exact) mass is 300 g/mol. The number of carbonyl (C=O) groups excluding carboxylic acids is 1. The van der Waals surface area contributed by atoms with Crippen molar-refractivity contribution in [3.05, 3.63) is 64.7 Å². The number of hydrogen-bond donors (Lipinski definition) is 1. The molecule has 0 bridgehead atoms. The van der Waals surface area contributed by atoms with E-state index < -0.39 is 11.9 Å². The lowest BCUT2D eigenvalue weighted by molar-refractivity contribution is 0.0582. The van der Waals surface area contributed by atoms with E-state index in [1.54, 1.807) is 6.92 Å². The Kier molecular flexibility index (Phi) is 4.78. The molecule has 0 aliphatic rings. The smallest absolute Gasteiger partial charge is 0.338 e. The summed E-state index contributed by atoms with van der Waals surface area (Å²) in [5.41, 5.74) is 1.49. The van der Waals surface area contributed by atoms with Crippen molar-refractivity contribution in [2.75, 3.05) is 7.11 Å². The van der Waals surface area contributed by atoms with Crippen LogP contribution in [0.4, 0.5) is 0 Å². The zero-order valence-corrected chi connectivity index (χ0v) is 12.3. The average molecular weight is 300 g/mol. The molecular formula is C17H16O5. The van der Waals surface area contributed by atoms with Crippen molar-refractivity contribution in [3.8, 4) is 5.75 Å². The highest BCUT2D eigenvalue weighted by Crippen LogP contribution is 2.25. The fraction of sp³-hybridized carbons (Fsp3) is 0.176. The minimum Gasteiger partial charge on any atom is -0.489 e. The van der Waals surface area contributed by atoms with Crippen molar-refractivity contribution in [3.63, 3.8) is 0 Å². The van der Waals surface area contributed by atoms with E-state index in [2.05, 4.69) is 4.74 Å². The summed E-state index contributed by atoms with van der Waals surface area (Å²) >= 11 is 0. The number of aryl methyl sites for hydroxylation is 1. The zero-order chi connectivity index (χ0) is 16.1. The van der Waals surface area contributed by atoms with Gasteiger partial charge in [0.15, 0.2) is 0 Å². The van der Waals surface area contributed by atoms with Crippen molar-refractivity contribution >= 4 is 11.9 Å². The van der Waals surface area contributed by atoms with Gasteiger partial charge >= 0.3 is 11.9 Å². The average Bonchev–Trinajstić information content (AvgIpc) is 2.53. The third kappa shape index (κ3) is 3.44. The summed E-state index contributed by atoms with van der Waals surface area (Å²) in [5, 5.41) is 9.18. The molecule has 0 aliphatic heterocycles. The summed E-state index contributed by atoms with van der Waals surface area (Å²) < 4.78 is 10.3. The minimum absolute atomic E-state index is 0.0244. The lowest BCUT2D eigenvalue weighted by atomic mass is 10.0. The fourth-order valence-electron chi connectivity index (χ4n) is 2.03. The van der Waals surface area contributed by atoms with Crippen LogP contribution in [0.3, 0.4) is 0 Å². The molecule has 5 nitrogen and oxygen atoms in total. The van der Waals surface area contributed by atoms with E-state index in [4.69, 9.17) is 4.74 Å². The van der Waals surface area contributed by atoms with E-state index in [9.17, 15) is 14.7 Å². The van der Waals surface area contributed by atoms with Crippen LogP contribution in [0.1, 0.15) is 31.8 Å². The first-order valence-electron chi connectivity index (χ1n) is 6.66. The standard InChI is InChI=1S/C17H16O5/c1-11-8-13(16(18)19)14(17(20)21-2)9-15(11)22-10-12-6-4-3-5-7-12/h3-9H,10H2,1-2H3,(H,18,19). The zero-order valence-electron chi connectivity index (χ0n) is 12.3. The van der Waals surface area contributed by atoms with Gasteiger partial charge in [-0.15, -0.1) is 0 Å².